The van der Waals surface area contributed by atoms with Gasteiger partial charge >= 0.3 is 0 Å². The lowest BCUT2D eigenvalue weighted by Crippen LogP contribution is -2.14. The molecule has 0 aliphatic heterocycles. The SMILES string of the molecule is COC(C)c1noc(COc2ccc(C(C)(C)O)cc2)n1. The quantitative estimate of drug-likeness (QED) is 0.881. The van der Waals surface area contributed by atoms with Crippen LogP contribution in [0.5, 0.6) is 5.75 Å². The van der Waals surface area contributed by atoms with E-state index in [1.165, 1.54) is 0 Å². The first-order valence-electron chi connectivity index (χ1n) is 6.71. The van der Waals surface area contributed by atoms with Crippen molar-refractivity contribution in [3.05, 3.63) is 41.5 Å². The van der Waals surface area contributed by atoms with E-state index in [1.54, 1.807) is 33.1 Å². The van der Waals surface area contributed by atoms with Gasteiger partial charge in [0.05, 0.1) is 5.60 Å². The molecule has 0 saturated carbocycles. The smallest absolute Gasteiger partial charge is 0.264 e. The van der Waals surface area contributed by atoms with Gasteiger partial charge in [-0.1, -0.05) is 17.3 Å². The number of rotatable bonds is 6. The Morgan fingerprint density at radius 1 is 1.29 bits per heavy atom. The molecule has 0 fully saturated rings. The Hall–Kier alpha value is -1.92. The van der Waals surface area contributed by atoms with Crippen molar-refractivity contribution in [2.45, 2.75) is 39.1 Å². The molecular formula is C15H20N2O4. The van der Waals surface area contributed by atoms with E-state index in [0.717, 1.165) is 5.56 Å². The largest absolute Gasteiger partial charge is 0.484 e. The second-order valence-corrected chi connectivity index (χ2v) is 5.30. The molecule has 0 aliphatic rings. The number of hydrogen-bond donors (Lipinski definition) is 1. The van der Waals surface area contributed by atoms with Crippen molar-refractivity contribution in [3.8, 4) is 5.75 Å². The standard InChI is InChI=1S/C15H20N2O4/c1-10(19-4)14-16-13(21-17-14)9-20-12-7-5-11(6-8-12)15(2,3)18/h5-8,10,18H,9H2,1-4H3. The minimum atomic E-state index is -0.865. The van der Waals surface area contributed by atoms with Crippen molar-refractivity contribution in [2.75, 3.05) is 7.11 Å². The van der Waals surface area contributed by atoms with Crippen LogP contribution in [0.4, 0.5) is 0 Å². The second-order valence-electron chi connectivity index (χ2n) is 5.30. The van der Waals surface area contributed by atoms with Crippen LogP contribution in [0.2, 0.25) is 0 Å². The van der Waals surface area contributed by atoms with Gasteiger partial charge in [-0.05, 0) is 38.5 Å². The minimum Gasteiger partial charge on any atom is -0.484 e. The molecule has 2 rings (SSSR count). The number of benzene rings is 1. The average Bonchev–Trinajstić information content (AvgIpc) is 2.92. The lowest BCUT2D eigenvalue weighted by Gasteiger charge is -2.17. The first kappa shape index (κ1) is 15.5. The molecule has 0 bridgehead atoms. The van der Waals surface area contributed by atoms with Crippen LogP contribution < -0.4 is 4.74 Å². The predicted octanol–water partition coefficient (Wildman–Crippen LogP) is 2.58. The Kier molecular flexibility index (Phi) is 4.59. The third-order valence-electron chi connectivity index (χ3n) is 3.12. The van der Waals surface area contributed by atoms with Crippen molar-refractivity contribution in [1.82, 2.24) is 10.1 Å². The summed E-state index contributed by atoms with van der Waals surface area (Å²) in [5.74, 6) is 1.55. The predicted molar refractivity (Wildman–Crippen MR) is 75.7 cm³/mol. The fourth-order valence-electron chi connectivity index (χ4n) is 1.70. The highest BCUT2D eigenvalue weighted by Gasteiger charge is 2.16. The molecule has 21 heavy (non-hydrogen) atoms. The van der Waals surface area contributed by atoms with Crippen LogP contribution in [0.3, 0.4) is 0 Å². The summed E-state index contributed by atoms with van der Waals surface area (Å²) < 4.78 is 15.8. The van der Waals surface area contributed by atoms with Crippen LogP contribution in [-0.4, -0.2) is 22.4 Å². The van der Waals surface area contributed by atoms with Gasteiger partial charge < -0.3 is 19.1 Å². The molecule has 114 valence electrons. The first-order chi connectivity index (χ1) is 9.90. The number of methoxy groups -OCH3 is 1. The first-order valence-corrected chi connectivity index (χ1v) is 6.71. The summed E-state index contributed by atoms with van der Waals surface area (Å²) in [6.07, 6.45) is -0.214. The maximum Gasteiger partial charge on any atom is 0.264 e. The Bertz CT molecular complexity index is 572. The molecule has 1 N–H and O–H groups in total. The van der Waals surface area contributed by atoms with Gasteiger partial charge in [0.25, 0.3) is 5.89 Å². The van der Waals surface area contributed by atoms with Gasteiger partial charge in [0, 0.05) is 7.11 Å². The van der Waals surface area contributed by atoms with E-state index in [4.69, 9.17) is 14.0 Å². The summed E-state index contributed by atoms with van der Waals surface area (Å²) >= 11 is 0. The normalized spacial score (nSPS) is 13.2. The van der Waals surface area contributed by atoms with E-state index < -0.39 is 5.60 Å². The van der Waals surface area contributed by atoms with Crippen LogP contribution in [0, 0.1) is 0 Å². The van der Waals surface area contributed by atoms with Crippen molar-refractivity contribution in [1.29, 1.82) is 0 Å². The number of nitrogens with zero attached hydrogens (tertiary/aromatic N) is 2. The maximum atomic E-state index is 9.88. The minimum absolute atomic E-state index is 0.186. The van der Waals surface area contributed by atoms with Gasteiger partial charge in [-0.2, -0.15) is 4.98 Å². The Morgan fingerprint density at radius 3 is 2.52 bits per heavy atom. The fraction of sp³-hybridized carbons (Fsp3) is 0.467. The molecule has 0 spiro atoms. The van der Waals surface area contributed by atoms with Gasteiger partial charge in [-0.25, -0.2) is 0 Å². The summed E-state index contributed by atoms with van der Waals surface area (Å²) in [6, 6.07) is 7.23. The van der Waals surface area contributed by atoms with Gasteiger partial charge in [-0.15, -0.1) is 0 Å². The molecule has 1 heterocycles. The topological polar surface area (TPSA) is 77.6 Å². The van der Waals surface area contributed by atoms with Crippen LogP contribution in [0.15, 0.2) is 28.8 Å². The van der Waals surface area contributed by atoms with E-state index >= 15 is 0 Å². The van der Waals surface area contributed by atoms with Gasteiger partial charge in [-0.3, -0.25) is 0 Å². The highest BCUT2D eigenvalue weighted by atomic mass is 16.5. The molecule has 0 radical (unpaired) electrons. The van der Waals surface area contributed by atoms with E-state index in [0.29, 0.717) is 17.5 Å². The van der Waals surface area contributed by atoms with Crippen molar-refractivity contribution < 1.29 is 19.1 Å². The molecule has 0 amide bonds. The third-order valence-corrected chi connectivity index (χ3v) is 3.12. The summed E-state index contributed by atoms with van der Waals surface area (Å²) in [4.78, 5) is 4.19. The third kappa shape index (κ3) is 4.03. The monoisotopic (exact) mass is 292 g/mol. The Morgan fingerprint density at radius 2 is 1.95 bits per heavy atom. The molecule has 1 aromatic carbocycles. The zero-order valence-electron chi connectivity index (χ0n) is 12.7. The molecule has 2 aromatic rings. The average molecular weight is 292 g/mol. The lowest BCUT2D eigenvalue weighted by molar-refractivity contribution is 0.0785. The van der Waals surface area contributed by atoms with E-state index in [1.807, 2.05) is 19.1 Å². The summed E-state index contributed by atoms with van der Waals surface area (Å²) in [7, 11) is 1.58. The van der Waals surface area contributed by atoms with E-state index in [-0.39, 0.29) is 12.7 Å². The highest BCUT2D eigenvalue weighted by molar-refractivity contribution is 5.30. The summed E-state index contributed by atoms with van der Waals surface area (Å²) in [5.41, 5.74) is -0.0419. The Labute approximate surface area is 123 Å². The van der Waals surface area contributed by atoms with E-state index in [2.05, 4.69) is 10.1 Å². The molecule has 6 nitrogen and oxygen atoms in total. The number of hydrogen-bond acceptors (Lipinski definition) is 6. The maximum absolute atomic E-state index is 9.88. The number of aliphatic hydroxyl groups is 1. The van der Waals surface area contributed by atoms with Crippen molar-refractivity contribution >= 4 is 0 Å². The molecule has 1 atom stereocenters. The van der Waals surface area contributed by atoms with Crippen LogP contribution >= 0.6 is 0 Å². The summed E-state index contributed by atoms with van der Waals surface area (Å²) in [5, 5.41) is 13.7. The van der Waals surface area contributed by atoms with E-state index in [9.17, 15) is 5.11 Å². The molecule has 0 aliphatic carbocycles. The van der Waals surface area contributed by atoms with Gasteiger partial charge in [0.1, 0.15) is 11.9 Å². The molecule has 0 saturated heterocycles. The van der Waals surface area contributed by atoms with Crippen LogP contribution in [0.1, 0.15) is 44.2 Å². The van der Waals surface area contributed by atoms with Crippen molar-refractivity contribution in [2.24, 2.45) is 0 Å². The number of aromatic nitrogens is 2. The second kappa shape index (κ2) is 6.24. The van der Waals surface area contributed by atoms with Gasteiger partial charge in [0.15, 0.2) is 12.4 Å². The van der Waals surface area contributed by atoms with Gasteiger partial charge in [0.2, 0.25) is 0 Å². The zero-order chi connectivity index (χ0) is 15.5. The molecule has 1 unspecified atom stereocenters. The van der Waals surface area contributed by atoms with Crippen LogP contribution in [-0.2, 0) is 16.9 Å². The Balaban J connectivity index is 1.95. The molecule has 6 heteroatoms. The highest BCUT2D eigenvalue weighted by Crippen LogP contribution is 2.22. The van der Waals surface area contributed by atoms with Crippen LogP contribution in [0.25, 0.3) is 0 Å². The molecule has 1 aromatic heterocycles. The summed E-state index contributed by atoms with van der Waals surface area (Å²) in [6.45, 7) is 5.50. The number of ether oxygens (including phenoxy) is 2. The van der Waals surface area contributed by atoms with Crippen molar-refractivity contribution in [3.63, 3.8) is 0 Å². The lowest BCUT2D eigenvalue weighted by atomic mass is 9.99. The fourth-order valence-corrected chi connectivity index (χ4v) is 1.70. The molecular weight excluding hydrogens is 272 g/mol. The zero-order valence-corrected chi connectivity index (χ0v) is 12.7.